The van der Waals surface area contributed by atoms with Crippen LogP contribution in [0.2, 0.25) is 0 Å². The zero-order chi connectivity index (χ0) is 18.0. The molecule has 1 aromatic carbocycles. The van der Waals surface area contributed by atoms with E-state index in [1.54, 1.807) is 30.3 Å². The fraction of sp³-hybridized carbons (Fsp3) is 0.588. The number of guanidine groups is 1. The van der Waals surface area contributed by atoms with Crippen LogP contribution in [0.5, 0.6) is 0 Å². The third-order valence-electron chi connectivity index (χ3n) is 3.55. The quantitative estimate of drug-likeness (QED) is 0.207. The van der Waals surface area contributed by atoms with Crippen LogP contribution >= 0.6 is 24.0 Å². The third kappa shape index (κ3) is 10.7. The molecule has 0 aliphatic heterocycles. The Balaban J connectivity index is 0.00000576. The Bertz CT molecular complexity index is 606. The minimum atomic E-state index is -3.48. The summed E-state index contributed by atoms with van der Waals surface area (Å²) in [6.07, 6.45) is 3.38. The lowest BCUT2D eigenvalue weighted by Gasteiger charge is -2.15. The van der Waals surface area contributed by atoms with E-state index in [1.807, 2.05) is 0 Å². The number of hydrogen-bond acceptors (Lipinski definition) is 3. The summed E-state index contributed by atoms with van der Waals surface area (Å²) in [4.78, 5) is 4.41. The van der Waals surface area contributed by atoms with Crippen LogP contribution in [0.25, 0.3) is 0 Å². The number of nitrogens with two attached hydrogens (primary N) is 1. The normalized spacial score (nSPS) is 13.4. The molecule has 25 heavy (non-hydrogen) atoms. The van der Waals surface area contributed by atoms with Crippen LogP contribution in [0.15, 0.2) is 40.2 Å². The van der Waals surface area contributed by atoms with Gasteiger partial charge < -0.3 is 11.1 Å². The largest absolute Gasteiger partial charge is 0.370 e. The van der Waals surface area contributed by atoms with E-state index >= 15 is 0 Å². The van der Waals surface area contributed by atoms with Gasteiger partial charge in [0, 0.05) is 12.6 Å². The molecule has 0 spiro atoms. The molecule has 4 N–H and O–H groups in total. The molecular weight excluding hydrogens is 451 g/mol. The first-order chi connectivity index (χ1) is 11.3. The Morgan fingerprint density at radius 1 is 1.16 bits per heavy atom. The monoisotopic (exact) mass is 482 g/mol. The average Bonchev–Trinajstić information content (AvgIpc) is 2.52. The molecule has 0 aliphatic carbocycles. The Hall–Kier alpha value is -0.870. The van der Waals surface area contributed by atoms with Gasteiger partial charge in [0.05, 0.1) is 11.4 Å². The van der Waals surface area contributed by atoms with Gasteiger partial charge in [-0.25, -0.2) is 13.1 Å². The number of rotatable bonds is 10. The van der Waals surface area contributed by atoms with E-state index < -0.39 is 10.0 Å². The van der Waals surface area contributed by atoms with Crippen molar-refractivity contribution in [1.82, 2.24) is 10.0 Å². The maximum Gasteiger partial charge on any atom is 0.240 e. The minimum absolute atomic E-state index is 0. The number of benzene rings is 1. The SMILES string of the molecule is CC(C)CCCC(C)NC(N)=NCCNS(=O)(=O)c1ccccc1.I. The van der Waals surface area contributed by atoms with Gasteiger partial charge in [-0.05, 0) is 31.4 Å². The highest BCUT2D eigenvalue weighted by molar-refractivity contribution is 14.0. The van der Waals surface area contributed by atoms with E-state index in [1.165, 1.54) is 6.42 Å². The molecule has 0 amide bonds. The van der Waals surface area contributed by atoms with Gasteiger partial charge in [-0.15, -0.1) is 24.0 Å². The van der Waals surface area contributed by atoms with Crippen molar-refractivity contribution in [3.8, 4) is 0 Å². The van der Waals surface area contributed by atoms with E-state index in [4.69, 9.17) is 5.73 Å². The lowest BCUT2D eigenvalue weighted by atomic mass is 10.0. The molecule has 1 aromatic rings. The maximum absolute atomic E-state index is 12.0. The number of nitrogens with zero attached hydrogens (tertiary/aromatic N) is 1. The van der Waals surface area contributed by atoms with Gasteiger partial charge in [-0.3, -0.25) is 4.99 Å². The van der Waals surface area contributed by atoms with E-state index in [9.17, 15) is 8.42 Å². The second kappa shape index (κ2) is 12.5. The number of halogens is 1. The molecule has 0 radical (unpaired) electrons. The van der Waals surface area contributed by atoms with Crippen LogP contribution in [-0.2, 0) is 10.0 Å². The molecule has 0 aromatic heterocycles. The summed E-state index contributed by atoms with van der Waals surface area (Å²) >= 11 is 0. The zero-order valence-corrected chi connectivity index (χ0v) is 18.4. The van der Waals surface area contributed by atoms with Gasteiger partial charge in [0.2, 0.25) is 10.0 Å². The van der Waals surface area contributed by atoms with E-state index in [-0.39, 0.29) is 41.5 Å². The van der Waals surface area contributed by atoms with Crippen molar-refractivity contribution in [2.24, 2.45) is 16.6 Å². The summed E-state index contributed by atoms with van der Waals surface area (Å²) in [5.41, 5.74) is 5.83. The lowest BCUT2D eigenvalue weighted by Crippen LogP contribution is -2.39. The fourth-order valence-electron chi connectivity index (χ4n) is 2.24. The molecule has 1 unspecified atom stereocenters. The Labute approximate surface area is 169 Å². The van der Waals surface area contributed by atoms with Crippen molar-refractivity contribution in [3.63, 3.8) is 0 Å². The summed E-state index contributed by atoms with van der Waals surface area (Å²) in [5, 5.41) is 3.13. The number of nitrogens with one attached hydrogen (secondary N) is 2. The van der Waals surface area contributed by atoms with Gasteiger partial charge in [-0.2, -0.15) is 0 Å². The van der Waals surface area contributed by atoms with Gasteiger partial charge in [-0.1, -0.05) is 44.9 Å². The van der Waals surface area contributed by atoms with Crippen molar-refractivity contribution in [3.05, 3.63) is 30.3 Å². The molecule has 0 saturated heterocycles. The summed E-state index contributed by atoms with van der Waals surface area (Å²) in [6, 6.07) is 8.53. The maximum atomic E-state index is 12.0. The van der Waals surface area contributed by atoms with Crippen molar-refractivity contribution in [2.45, 2.75) is 51.0 Å². The molecule has 1 atom stereocenters. The highest BCUT2D eigenvalue weighted by Crippen LogP contribution is 2.08. The van der Waals surface area contributed by atoms with Gasteiger partial charge in [0.25, 0.3) is 0 Å². The number of hydrogen-bond donors (Lipinski definition) is 3. The number of sulfonamides is 1. The van der Waals surface area contributed by atoms with E-state index in [0.29, 0.717) is 18.4 Å². The third-order valence-corrected chi connectivity index (χ3v) is 5.03. The van der Waals surface area contributed by atoms with Crippen LogP contribution in [0.3, 0.4) is 0 Å². The zero-order valence-electron chi connectivity index (χ0n) is 15.2. The molecule has 144 valence electrons. The average molecular weight is 482 g/mol. The van der Waals surface area contributed by atoms with Gasteiger partial charge >= 0.3 is 0 Å². The summed E-state index contributed by atoms with van der Waals surface area (Å²) in [5.74, 6) is 1.06. The molecule has 0 aliphatic rings. The minimum Gasteiger partial charge on any atom is -0.370 e. The second-order valence-electron chi connectivity index (χ2n) is 6.35. The second-order valence-corrected chi connectivity index (χ2v) is 8.11. The van der Waals surface area contributed by atoms with Crippen LogP contribution in [0, 0.1) is 5.92 Å². The Kier molecular flexibility index (Phi) is 12.0. The summed E-state index contributed by atoms with van der Waals surface area (Å²) < 4.78 is 26.6. The molecule has 0 bridgehead atoms. The molecule has 0 fully saturated rings. The predicted molar refractivity (Wildman–Crippen MR) is 115 cm³/mol. The van der Waals surface area contributed by atoms with Crippen molar-refractivity contribution >= 4 is 40.0 Å². The van der Waals surface area contributed by atoms with Crippen LogP contribution in [0.4, 0.5) is 0 Å². The lowest BCUT2D eigenvalue weighted by molar-refractivity contribution is 0.493. The molecule has 0 heterocycles. The van der Waals surface area contributed by atoms with Crippen molar-refractivity contribution < 1.29 is 8.42 Å². The first-order valence-electron chi connectivity index (χ1n) is 8.42. The van der Waals surface area contributed by atoms with Crippen LogP contribution in [-0.4, -0.2) is 33.5 Å². The fourth-order valence-corrected chi connectivity index (χ4v) is 3.28. The first-order valence-corrected chi connectivity index (χ1v) is 9.90. The van der Waals surface area contributed by atoms with Gasteiger partial charge in [0.15, 0.2) is 5.96 Å². The smallest absolute Gasteiger partial charge is 0.240 e. The Morgan fingerprint density at radius 3 is 2.40 bits per heavy atom. The van der Waals surface area contributed by atoms with E-state index in [2.05, 4.69) is 35.8 Å². The van der Waals surface area contributed by atoms with Crippen LogP contribution in [0.1, 0.15) is 40.0 Å². The summed E-state index contributed by atoms with van der Waals surface area (Å²) in [7, 11) is -3.48. The van der Waals surface area contributed by atoms with Crippen molar-refractivity contribution in [2.75, 3.05) is 13.1 Å². The van der Waals surface area contributed by atoms with Crippen molar-refractivity contribution in [1.29, 1.82) is 0 Å². The standard InChI is InChI=1S/C17H30N4O2S.HI/c1-14(2)8-7-9-15(3)21-17(18)19-12-13-20-24(22,23)16-10-5-4-6-11-16;/h4-6,10-11,14-15,20H,7-9,12-13H2,1-3H3,(H3,18,19,21);1H. The van der Waals surface area contributed by atoms with Gasteiger partial charge in [0.1, 0.15) is 0 Å². The highest BCUT2D eigenvalue weighted by Gasteiger charge is 2.11. The first kappa shape index (κ1) is 24.1. The summed E-state index contributed by atoms with van der Waals surface area (Å²) in [6.45, 7) is 7.00. The van der Waals surface area contributed by atoms with E-state index in [0.717, 1.165) is 12.8 Å². The Morgan fingerprint density at radius 2 is 1.80 bits per heavy atom. The topological polar surface area (TPSA) is 96.6 Å². The molecule has 0 saturated carbocycles. The predicted octanol–water partition coefficient (Wildman–Crippen LogP) is 2.70. The molecule has 6 nitrogen and oxygen atoms in total. The van der Waals surface area contributed by atoms with Crippen LogP contribution < -0.4 is 15.8 Å². The number of aliphatic imine (C=N–C) groups is 1. The molecular formula is C17H31IN4O2S. The molecule has 1 rings (SSSR count). The molecule has 8 heteroatoms. The highest BCUT2D eigenvalue weighted by atomic mass is 127.